The van der Waals surface area contributed by atoms with E-state index in [9.17, 15) is 9.50 Å². The topological polar surface area (TPSA) is 23.5 Å². The lowest BCUT2D eigenvalue weighted by Crippen LogP contribution is -2.41. The first-order valence-electron chi connectivity index (χ1n) is 7.35. The first-order valence-corrected chi connectivity index (χ1v) is 7.35. The molecule has 19 heavy (non-hydrogen) atoms. The summed E-state index contributed by atoms with van der Waals surface area (Å²) in [5, 5.41) is 9.96. The van der Waals surface area contributed by atoms with E-state index >= 15 is 0 Å². The molecule has 1 aromatic carbocycles. The third kappa shape index (κ3) is 4.29. The molecule has 1 unspecified atom stereocenters. The Morgan fingerprint density at radius 1 is 1.26 bits per heavy atom. The van der Waals surface area contributed by atoms with Gasteiger partial charge in [-0.3, -0.25) is 4.90 Å². The summed E-state index contributed by atoms with van der Waals surface area (Å²) in [7, 11) is 0. The quantitative estimate of drug-likeness (QED) is 0.883. The minimum atomic E-state index is -0.267. The summed E-state index contributed by atoms with van der Waals surface area (Å²) in [6.45, 7) is 4.06. The first-order chi connectivity index (χ1) is 9.19. The lowest BCUT2D eigenvalue weighted by Gasteiger charge is -2.35. The van der Waals surface area contributed by atoms with E-state index in [0.717, 1.165) is 45.2 Å². The highest BCUT2D eigenvalue weighted by molar-refractivity contribution is 5.16. The molecule has 1 aliphatic heterocycles. The highest BCUT2D eigenvalue weighted by Crippen LogP contribution is 2.23. The minimum Gasteiger partial charge on any atom is -0.378 e. The molecule has 3 heteroatoms. The van der Waals surface area contributed by atoms with Crippen molar-refractivity contribution in [2.24, 2.45) is 5.92 Å². The van der Waals surface area contributed by atoms with Crippen molar-refractivity contribution < 1.29 is 9.50 Å². The average molecular weight is 265 g/mol. The van der Waals surface area contributed by atoms with Crippen molar-refractivity contribution in [2.75, 3.05) is 13.1 Å². The van der Waals surface area contributed by atoms with Crippen LogP contribution in [0.25, 0.3) is 0 Å². The molecule has 0 aromatic heterocycles. The number of piperidine rings is 1. The first kappa shape index (κ1) is 14.5. The van der Waals surface area contributed by atoms with Gasteiger partial charge in [0.2, 0.25) is 0 Å². The predicted octanol–water partition coefficient (Wildman–Crippen LogP) is 3.20. The second-order valence-corrected chi connectivity index (χ2v) is 5.58. The Morgan fingerprint density at radius 3 is 2.47 bits per heavy atom. The highest BCUT2D eigenvalue weighted by Gasteiger charge is 2.23. The van der Waals surface area contributed by atoms with Crippen molar-refractivity contribution in [2.45, 2.75) is 45.3 Å². The molecule has 0 aliphatic carbocycles. The maximum absolute atomic E-state index is 12.8. The maximum Gasteiger partial charge on any atom is 0.123 e. The summed E-state index contributed by atoms with van der Waals surface area (Å²) in [5.41, 5.74) is 1.22. The lowest BCUT2D eigenvalue weighted by atomic mass is 9.90. The van der Waals surface area contributed by atoms with Crippen LogP contribution < -0.4 is 0 Å². The lowest BCUT2D eigenvalue weighted by molar-refractivity contribution is -0.0221. The number of hydrogen-bond acceptors (Lipinski definition) is 2. The van der Waals surface area contributed by atoms with Gasteiger partial charge in [-0.25, -0.2) is 4.39 Å². The SMILES string of the molecule is CCCC(O)N1CCC(Cc2ccc(F)cc2)CC1. The number of aliphatic hydroxyl groups is 1. The van der Waals surface area contributed by atoms with Crippen molar-refractivity contribution in [3.05, 3.63) is 35.6 Å². The van der Waals surface area contributed by atoms with Gasteiger partial charge in [0.05, 0.1) is 0 Å². The van der Waals surface area contributed by atoms with Gasteiger partial charge < -0.3 is 5.11 Å². The van der Waals surface area contributed by atoms with Crippen molar-refractivity contribution >= 4 is 0 Å². The van der Waals surface area contributed by atoms with Crippen LogP contribution in [-0.4, -0.2) is 29.3 Å². The Kier molecular flexibility index (Phi) is 5.34. The summed E-state index contributed by atoms with van der Waals surface area (Å²) in [6.07, 6.45) is 4.89. The van der Waals surface area contributed by atoms with E-state index in [-0.39, 0.29) is 12.0 Å². The van der Waals surface area contributed by atoms with Crippen LogP contribution in [0.2, 0.25) is 0 Å². The fourth-order valence-corrected chi connectivity index (χ4v) is 2.85. The van der Waals surface area contributed by atoms with Gasteiger partial charge in [0, 0.05) is 13.1 Å². The van der Waals surface area contributed by atoms with Crippen molar-refractivity contribution in [1.82, 2.24) is 4.90 Å². The molecule has 1 heterocycles. The summed E-state index contributed by atoms with van der Waals surface area (Å²) < 4.78 is 12.8. The minimum absolute atomic E-state index is 0.166. The largest absolute Gasteiger partial charge is 0.378 e. The number of halogens is 1. The Morgan fingerprint density at radius 2 is 1.89 bits per heavy atom. The van der Waals surface area contributed by atoms with E-state index < -0.39 is 0 Å². The number of hydrogen-bond donors (Lipinski definition) is 1. The molecule has 1 aliphatic rings. The molecule has 0 amide bonds. The molecule has 1 atom stereocenters. The molecule has 2 rings (SSSR count). The monoisotopic (exact) mass is 265 g/mol. The molecule has 1 saturated heterocycles. The van der Waals surface area contributed by atoms with Gasteiger partial charge in [-0.15, -0.1) is 0 Å². The van der Waals surface area contributed by atoms with Crippen LogP contribution in [0, 0.1) is 11.7 Å². The number of rotatable bonds is 5. The fourth-order valence-electron chi connectivity index (χ4n) is 2.85. The van der Waals surface area contributed by atoms with Crippen LogP contribution >= 0.6 is 0 Å². The van der Waals surface area contributed by atoms with Crippen molar-refractivity contribution in [3.63, 3.8) is 0 Å². The van der Waals surface area contributed by atoms with Gasteiger partial charge in [0.25, 0.3) is 0 Å². The van der Waals surface area contributed by atoms with E-state index in [1.165, 1.54) is 17.7 Å². The number of aliphatic hydroxyl groups excluding tert-OH is 1. The second-order valence-electron chi connectivity index (χ2n) is 5.58. The zero-order chi connectivity index (χ0) is 13.7. The van der Waals surface area contributed by atoms with Crippen LogP contribution in [0.15, 0.2) is 24.3 Å². The molecular weight excluding hydrogens is 241 g/mol. The summed E-state index contributed by atoms with van der Waals surface area (Å²) in [6, 6.07) is 6.84. The van der Waals surface area contributed by atoms with Gasteiger partial charge in [0.15, 0.2) is 0 Å². The van der Waals surface area contributed by atoms with Crippen molar-refractivity contribution in [1.29, 1.82) is 0 Å². The molecule has 2 nitrogen and oxygen atoms in total. The smallest absolute Gasteiger partial charge is 0.123 e. The Bertz CT molecular complexity index is 371. The van der Waals surface area contributed by atoms with Gasteiger partial charge >= 0.3 is 0 Å². The van der Waals surface area contributed by atoms with Gasteiger partial charge in [-0.2, -0.15) is 0 Å². The van der Waals surface area contributed by atoms with Crippen LogP contribution in [0.3, 0.4) is 0 Å². The van der Waals surface area contributed by atoms with Gasteiger partial charge in [0.1, 0.15) is 12.0 Å². The average Bonchev–Trinajstić information content (AvgIpc) is 2.42. The molecule has 1 aromatic rings. The van der Waals surface area contributed by atoms with Gasteiger partial charge in [-0.1, -0.05) is 25.5 Å². The van der Waals surface area contributed by atoms with Crippen LogP contribution in [0.5, 0.6) is 0 Å². The molecular formula is C16H24FNO. The molecule has 0 spiro atoms. The van der Waals surface area contributed by atoms with Crippen molar-refractivity contribution in [3.8, 4) is 0 Å². The Hall–Kier alpha value is -0.930. The molecule has 106 valence electrons. The molecule has 1 fully saturated rings. The van der Waals surface area contributed by atoms with Crippen LogP contribution in [0.4, 0.5) is 4.39 Å². The molecule has 0 saturated carbocycles. The standard InChI is InChI=1S/C16H24FNO/c1-2-3-16(19)18-10-8-14(9-11-18)12-13-4-6-15(17)7-5-13/h4-7,14,16,19H,2-3,8-12H2,1H3. The molecule has 1 N–H and O–H groups in total. The summed E-state index contributed by atoms with van der Waals surface area (Å²) >= 11 is 0. The van der Waals surface area contributed by atoms with Crippen LogP contribution in [0.1, 0.15) is 38.2 Å². The Balaban J connectivity index is 1.78. The molecule has 0 radical (unpaired) electrons. The number of benzene rings is 1. The van der Waals surface area contributed by atoms with E-state index in [1.54, 1.807) is 0 Å². The van der Waals surface area contributed by atoms with Crippen LogP contribution in [-0.2, 0) is 6.42 Å². The van der Waals surface area contributed by atoms with E-state index in [4.69, 9.17) is 0 Å². The number of likely N-dealkylation sites (tertiary alicyclic amines) is 1. The fraction of sp³-hybridized carbons (Fsp3) is 0.625. The normalized spacial score (nSPS) is 19.5. The Labute approximate surface area is 115 Å². The summed E-state index contributed by atoms with van der Waals surface area (Å²) in [4.78, 5) is 2.19. The van der Waals surface area contributed by atoms with E-state index in [1.807, 2.05) is 12.1 Å². The van der Waals surface area contributed by atoms with Gasteiger partial charge in [-0.05, 0) is 49.3 Å². The zero-order valence-electron chi connectivity index (χ0n) is 11.7. The summed E-state index contributed by atoms with van der Waals surface area (Å²) in [5.74, 6) is 0.497. The third-order valence-corrected chi connectivity index (χ3v) is 4.06. The maximum atomic E-state index is 12.8. The predicted molar refractivity (Wildman–Crippen MR) is 75.3 cm³/mol. The molecule has 0 bridgehead atoms. The van der Waals surface area contributed by atoms with E-state index in [0.29, 0.717) is 5.92 Å². The third-order valence-electron chi connectivity index (χ3n) is 4.06. The zero-order valence-corrected chi connectivity index (χ0v) is 11.7. The number of nitrogens with zero attached hydrogens (tertiary/aromatic N) is 1. The second kappa shape index (κ2) is 7.01. The van der Waals surface area contributed by atoms with E-state index in [2.05, 4.69) is 11.8 Å². The highest BCUT2D eigenvalue weighted by atomic mass is 19.1.